The lowest BCUT2D eigenvalue weighted by molar-refractivity contribution is -0.0503. The summed E-state index contributed by atoms with van der Waals surface area (Å²) in [6.07, 6.45) is 0. The minimum absolute atomic E-state index is 0.0437. The molecule has 0 aliphatic carbocycles. The van der Waals surface area contributed by atoms with Gasteiger partial charge in [-0.1, -0.05) is 13.8 Å². The first kappa shape index (κ1) is 15.2. The van der Waals surface area contributed by atoms with Gasteiger partial charge in [0.05, 0.1) is 4.90 Å². The quantitative estimate of drug-likeness (QED) is 0.797. The van der Waals surface area contributed by atoms with Gasteiger partial charge in [-0.05, 0) is 36.1 Å². The first-order valence-electron chi connectivity index (χ1n) is 5.17. The third-order valence-electron chi connectivity index (χ3n) is 2.41. The Kier molecular flexibility index (Phi) is 4.55. The predicted molar refractivity (Wildman–Crippen MR) is 64.9 cm³/mol. The standard InChI is InChI=1S/C11H13ClF2O3S/c1-6(2)8-5-9(17-11(13)14)7(3)4-10(8)18(12,15)16/h4-6,11H,1-3H3. The molecule has 1 rings (SSSR count). The smallest absolute Gasteiger partial charge is 0.387 e. The normalized spacial score (nSPS) is 12.2. The Labute approximate surface area is 109 Å². The van der Waals surface area contributed by atoms with Gasteiger partial charge in [0.2, 0.25) is 0 Å². The fourth-order valence-electron chi connectivity index (χ4n) is 1.56. The number of halogens is 3. The molecule has 3 nitrogen and oxygen atoms in total. The molecule has 18 heavy (non-hydrogen) atoms. The van der Waals surface area contributed by atoms with Crippen molar-refractivity contribution >= 4 is 19.7 Å². The largest absolute Gasteiger partial charge is 0.435 e. The van der Waals surface area contributed by atoms with Gasteiger partial charge in [-0.2, -0.15) is 8.78 Å². The van der Waals surface area contributed by atoms with Crippen LogP contribution in [0.4, 0.5) is 8.78 Å². The highest BCUT2D eigenvalue weighted by molar-refractivity contribution is 8.13. The molecule has 0 heterocycles. The van der Waals surface area contributed by atoms with Gasteiger partial charge in [0.1, 0.15) is 5.75 Å². The Morgan fingerprint density at radius 2 is 1.83 bits per heavy atom. The van der Waals surface area contributed by atoms with Gasteiger partial charge < -0.3 is 4.74 Å². The van der Waals surface area contributed by atoms with E-state index in [4.69, 9.17) is 10.7 Å². The zero-order valence-corrected chi connectivity index (χ0v) is 11.6. The van der Waals surface area contributed by atoms with Crippen LogP contribution >= 0.6 is 10.7 Å². The van der Waals surface area contributed by atoms with E-state index < -0.39 is 15.7 Å². The van der Waals surface area contributed by atoms with E-state index in [9.17, 15) is 17.2 Å². The van der Waals surface area contributed by atoms with E-state index in [-0.39, 0.29) is 16.6 Å². The molecule has 0 aliphatic rings. The van der Waals surface area contributed by atoms with Crippen LogP contribution in [0.25, 0.3) is 0 Å². The maximum absolute atomic E-state index is 12.2. The summed E-state index contributed by atoms with van der Waals surface area (Å²) in [6.45, 7) is 2.00. The number of ether oxygens (including phenoxy) is 1. The average Bonchev–Trinajstić information content (AvgIpc) is 2.17. The number of rotatable bonds is 4. The summed E-state index contributed by atoms with van der Waals surface area (Å²) in [5.74, 6) is -0.230. The molecule has 0 aromatic heterocycles. The molecule has 0 amide bonds. The Morgan fingerprint density at radius 3 is 2.22 bits per heavy atom. The molecule has 0 N–H and O–H groups in total. The van der Waals surface area contributed by atoms with Crippen LogP contribution < -0.4 is 4.74 Å². The molecule has 0 saturated carbocycles. The van der Waals surface area contributed by atoms with Crippen LogP contribution in [0.1, 0.15) is 30.9 Å². The summed E-state index contributed by atoms with van der Waals surface area (Å²) >= 11 is 0. The van der Waals surface area contributed by atoms with Gasteiger partial charge in [0, 0.05) is 10.7 Å². The lowest BCUT2D eigenvalue weighted by Crippen LogP contribution is -2.07. The summed E-state index contributed by atoms with van der Waals surface area (Å²) in [4.78, 5) is -0.0710. The average molecular weight is 299 g/mol. The van der Waals surface area contributed by atoms with E-state index in [1.165, 1.54) is 19.1 Å². The van der Waals surface area contributed by atoms with E-state index >= 15 is 0 Å². The van der Waals surface area contributed by atoms with Crippen molar-refractivity contribution < 1.29 is 21.9 Å². The van der Waals surface area contributed by atoms with Gasteiger partial charge in [-0.25, -0.2) is 8.42 Å². The van der Waals surface area contributed by atoms with Crippen molar-refractivity contribution in [2.24, 2.45) is 0 Å². The Hall–Kier alpha value is -0.880. The second-order valence-corrected chi connectivity index (χ2v) is 6.66. The molecule has 7 heteroatoms. The molecule has 102 valence electrons. The number of alkyl halides is 2. The lowest BCUT2D eigenvalue weighted by atomic mass is 10.0. The summed E-state index contributed by atoms with van der Waals surface area (Å²) in [6, 6.07) is 2.54. The summed E-state index contributed by atoms with van der Waals surface area (Å²) < 4.78 is 51.6. The van der Waals surface area contributed by atoms with Crippen LogP contribution in [-0.2, 0) is 9.05 Å². The SMILES string of the molecule is Cc1cc(S(=O)(=O)Cl)c(C(C)C)cc1OC(F)F. The molecule has 1 aromatic carbocycles. The van der Waals surface area contributed by atoms with Crippen LogP contribution in [0, 0.1) is 6.92 Å². The number of hydrogen-bond acceptors (Lipinski definition) is 3. The molecule has 0 saturated heterocycles. The molecule has 1 aromatic rings. The van der Waals surface area contributed by atoms with Crippen molar-refractivity contribution in [3.63, 3.8) is 0 Å². The second-order valence-electron chi connectivity index (χ2n) is 4.13. The molecular formula is C11H13ClF2O3S. The van der Waals surface area contributed by atoms with E-state index in [1.54, 1.807) is 13.8 Å². The first-order valence-corrected chi connectivity index (χ1v) is 7.48. The Balaban J connectivity index is 3.44. The van der Waals surface area contributed by atoms with Crippen LogP contribution in [0.15, 0.2) is 17.0 Å². The Bertz CT molecular complexity index is 541. The van der Waals surface area contributed by atoms with E-state index in [2.05, 4.69) is 4.74 Å². The van der Waals surface area contributed by atoms with Crippen LogP contribution in [-0.4, -0.2) is 15.0 Å². The minimum Gasteiger partial charge on any atom is -0.435 e. The third kappa shape index (κ3) is 3.55. The first-order chi connectivity index (χ1) is 8.12. The molecule has 0 radical (unpaired) electrons. The number of hydrogen-bond donors (Lipinski definition) is 0. The summed E-state index contributed by atoms with van der Waals surface area (Å²) in [7, 11) is 1.40. The highest BCUT2D eigenvalue weighted by atomic mass is 35.7. The van der Waals surface area contributed by atoms with Crippen molar-refractivity contribution in [3.8, 4) is 5.75 Å². The fraction of sp³-hybridized carbons (Fsp3) is 0.455. The van der Waals surface area contributed by atoms with E-state index in [0.29, 0.717) is 11.1 Å². The summed E-state index contributed by atoms with van der Waals surface area (Å²) in [5, 5.41) is 0. The third-order valence-corrected chi connectivity index (χ3v) is 3.79. The van der Waals surface area contributed by atoms with Gasteiger partial charge in [0.15, 0.2) is 0 Å². The monoisotopic (exact) mass is 298 g/mol. The lowest BCUT2D eigenvalue weighted by Gasteiger charge is -2.15. The van der Waals surface area contributed by atoms with Crippen molar-refractivity contribution in [2.45, 2.75) is 38.2 Å². The van der Waals surface area contributed by atoms with Crippen LogP contribution in [0.3, 0.4) is 0 Å². The fourth-order valence-corrected chi connectivity index (χ4v) is 2.86. The maximum Gasteiger partial charge on any atom is 0.387 e. The van der Waals surface area contributed by atoms with Crippen LogP contribution in [0.2, 0.25) is 0 Å². The van der Waals surface area contributed by atoms with Gasteiger partial charge in [0.25, 0.3) is 9.05 Å². The number of benzene rings is 1. The summed E-state index contributed by atoms with van der Waals surface area (Å²) in [5.41, 5.74) is 0.644. The van der Waals surface area contributed by atoms with Crippen molar-refractivity contribution in [1.82, 2.24) is 0 Å². The predicted octanol–water partition coefficient (Wildman–Crippen LogP) is 3.65. The molecule has 0 bridgehead atoms. The minimum atomic E-state index is -3.92. The zero-order chi connectivity index (χ0) is 14.1. The highest BCUT2D eigenvalue weighted by Crippen LogP contribution is 2.33. The zero-order valence-electron chi connectivity index (χ0n) is 10.1. The maximum atomic E-state index is 12.2. The molecule has 0 atom stereocenters. The highest BCUT2D eigenvalue weighted by Gasteiger charge is 2.21. The molecular weight excluding hydrogens is 286 g/mol. The second kappa shape index (κ2) is 5.40. The van der Waals surface area contributed by atoms with Crippen LogP contribution in [0.5, 0.6) is 5.75 Å². The van der Waals surface area contributed by atoms with Gasteiger partial charge >= 0.3 is 6.61 Å². The number of aryl methyl sites for hydroxylation is 1. The van der Waals surface area contributed by atoms with Crippen molar-refractivity contribution in [1.29, 1.82) is 0 Å². The van der Waals surface area contributed by atoms with E-state index in [1.807, 2.05) is 0 Å². The van der Waals surface area contributed by atoms with Gasteiger partial charge in [-0.3, -0.25) is 0 Å². The van der Waals surface area contributed by atoms with Gasteiger partial charge in [-0.15, -0.1) is 0 Å². The topological polar surface area (TPSA) is 43.4 Å². The Morgan fingerprint density at radius 1 is 1.28 bits per heavy atom. The van der Waals surface area contributed by atoms with Crippen molar-refractivity contribution in [3.05, 3.63) is 23.3 Å². The molecule has 0 aliphatic heterocycles. The molecule has 0 spiro atoms. The molecule has 0 unspecified atom stereocenters. The van der Waals surface area contributed by atoms with E-state index in [0.717, 1.165) is 0 Å². The molecule has 0 fully saturated rings. The van der Waals surface area contributed by atoms with Crippen molar-refractivity contribution in [2.75, 3.05) is 0 Å².